The number of hydrogen-bond donors (Lipinski definition) is 1. The van der Waals surface area contributed by atoms with Crippen molar-refractivity contribution in [3.8, 4) is 17.9 Å². The van der Waals surface area contributed by atoms with E-state index in [1.807, 2.05) is 30.0 Å². The van der Waals surface area contributed by atoms with Crippen molar-refractivity contribution in [2.45, 2.75) is 59.5 Å². The first-order valence-corrected chi connectivity index (χ1v) is 12.1. The van der Waals surface area contributed by atoms with Gasteiger partial charge in [-0.05, 0) is 63.9 Å². The SMILES string of the molecule is CCOC(CCN(Cc1ccc(C)c(F)c1)c1ccc(C#N)nc1)OCC#CCNC(=O)OC(C)(C)C. The third kappa shape index (κ3) is 11.3. The number of pyridine rings is 1. The maximum atomic E-state index is 14.1. The summed E-state index contributed by atoms with van der Waals surface area (Å²) in [5, 5.41) is 11.6. The van der Waals surface area contributed by atoms with Crippen molar-refractivity contribution in [1.82, 2.24) is 10.3 Å². The van der Waals surface area contributed by atoms with E-state index in [-0.39, 0.29) is 19.0 Å². The molecule has 2 rings (SSSR count). The van der Waals surface area contributed by atoms with Crippen molar-refractivity contribution in [3.63, 3.8) is 0 Å². The summed E-state index contributed by atoms with van der Waals surface area (Å²) in [6, 6.07) is 10.6. The largest absolute Gasteiger partial charge is 0.444 e. The zero-order valence-electron chi connectivity index (χ0n) is 22.1. The van der Waals surface area contributed by atoms with Gasteiger partial charge in [-0.2, -0.15) is 5.26 Å². The number of carbonyl (C=O) groups is 1. The number of hydrogen-bond acceptors (Lipinski definition) is 7. The van der Waals surface area contributed by atoms with Crippen molar-refractivity contribution in [2.24, 2.45) is 0 Å². The number of amides is 1. The van der Waals surface area contributed by atoms with Gasteiger partial charge in [0.2, 0.25) is 0 Å². The summed E-state index contributed by atoms with van der Waals surface area (Å²) in [4.78, 5) is 17.9. The monoisotopic (exact) mass is 510 g/mol. The average Bonchev–Trinajstić information content (AvgIpc) is 2.84. The molecule has 0 aliphatic carbocycles. The summed E-state index contributed by atoms with van der Waals surface area (Å²) in [7, 11) is 0. The third-order valence-corrected chi connectivity index (χ3v) is 5.01. The van der Waals surface area contributed by atoms with E-state index in [9.17, 15) is 9.18 Å². The highest BCUT2D eigenvalue weighted by molar-refractivity contribution is 5.68. The normalized spacial score (nSPS) is 11.6. The molecule has 0 bridgehead atoms. The van der Waals surface area contributed by atoms with Gasteiger partial charge in [0.05, 0.1) is 18.4 Å². The summed E-state index contributed by atoms with van der Waals surface area (Å²) >= 11 is 0. The van der Waals surface area contributed by atoms with Crippen molar-refractivity contribution in [2.75, 3.05) is 31.2 Å². The summed E-state index contributed by atoms with van der Waals surface area (Å²) in [6.45, 7) is 10.7. The van der Waals surface area contributed by atoms with Crippen LogP contribution in [0, 0.1) is 35.9 Å². The molecule has 1 aromatic heterocycles. The van der Waals surface area contributed by atoms with Crippen LogP contribution in [0.2, 0.25) is 0 Å². The van der Waals surface area contributed by atoms with Crippen LogP contribution in [-0.2, 0) is 20.8 Å². The second-order valence-electron chi connectivity index (χ2n) is 9.21. The van der Waals surface area contributed by atoms with E-state index in [4.69, 9.17) is 19.5 Å². The van der Waals surface area contributed by atoms with E-state index >= 15 is 0 Å². The number of nitriles is 1. The predicted octanol–water partition coefficient (Wildman–Crippen LogP) is 4.70. The minimum atomic E-state index is -0.569. The molecule has 37 heavy (non-hydrogen) atoms. The predicted molar refractivity (Wildman–Crippen MR) is 139 cm³/mol. The van der Waals surface area contributed by atoms with E-state index < -0.39 is 18.0 Å². The Morgan fingerprint density at radius 3 is 2.62 bits per heavy atom. The van der Waals surface area contributed by atoms with Crippen LogP contribution in [-0.4, -0.2) is 49.3 Å². The molecule has 0 fully saturated rings. The number of alkyl carbamates (subject to hydrolysis) is 1. The lowest BCUT2D eigenvalue weighted by Gasteiger charge is -2.27. The third-order valence-electron chi connectivity index (χ3n) is 5.01. The first-order chi connectivity index (χ1) is 17.6. The second kappa shape index (κ2) is 14.8. The number of nitrogens with one attached hydrogen (secondary N) is 1. The lowest BCUT2D eigenvalue weighted by Crippen LogP contribution is -2.32. The number of aryl methyl sites for hydroxylation is 1. The Hall–Kier alpha value is -3.66. The lowest BCUT2D eigenvalue weighted by atomic mass is 10.1. The Balaban J connectivity index is 1.98. The zero-order chi connectivity index (χ0) is 27.3. The van der Waals surface area contributed by atoms with Crippen molar-refractivity contribution < 1.29 is 23.4 Å². The van der Waals surface area contributed by atoms with E-state index in [2.05, 4.69) is 22.1 Å². The number of benzene rings is 1. The quantitative estimate of drug-likeness (QED) is 0.346. The molecular weight excluding hydrogens is 475 g/mol. The number of anilines is 1. The van der Waals surface area contributed by atoms with Gasteiger partial charge in [0.1, 0.15) is 29.8 Å². The van der Waals surface area contributed by atoms with E-state index in [1.54, 1.807) is 46.0 Å². The van der Waals surface area contributed by atoms with Crippen molar-refractivity contribution in [1.29, 1.82) is 5.26 Å². The minimum absolute atomic E-state index is 0.127. The number of aromatic nitrogens is 1. The summed E-state index contributed by atoms with van der Waals surface area (Å²) < 4.78 is 30.8. The maximum Gasteiger partial charge on any atom is 0.408 e. The highest BCUT2D eigenvalue weighted by Gasteiger charge is 2.16. The second-order valence-corrected chi connectivity index (χ2v) is 9.21. The molecule has 8 nitrogen and oxygen atoms in total. The smallest absolute Gasteiger partial charge is 0.408 e. The van der Waals surface area contributed by atoms with Crippen LogP contribution in [0.25, 0.3) is 0 Å². The van der Waals surface area contributed by atoms with Gasteiger partial charge in [-0.1, -0.05) is 24.0 Å². The highest BCUT2D eigenvalue weighted by atomic mass is 19.1. The number of ether oxygens (including phenoxy) is 3. The molecule has 9 heteroatoms. The Morgan fingerprint density at radius 2 is 2.00 bits per heavy atom. The molecule has 1 atom stereocenters. The van der Waals surface area contributed by atoms with Crippen molar-refractivity contribution in [3.05, 3.63) is 59.2 Å². The standard InChI is InChI=1S/C28H35FN4O4/c1-6-35-26(36-16-8-7-14-31-27(34)37-28(3,4)5)13-15-33(24-12-11-23(18-30)32-19-24)20-22-10-9-21(2)25(29)17-22/h9-12,17,19,26H,6,13-16,20H2,1-5H3,(H,31,34). The molecule has 0 saturated heterocycles. The van der Waals surface area contributed by atoms with Gasteiger partial charge >= 0.3 is 6.09 Å². The molecule has 1 heterocycles. The fraction of sp³-hybridized carbons (Fsp3) is 0.464. The van der Waals surface area contributed by atoms with E-state index in [0.29, 0.717) is 37.4 Å². The molecule has 0 spiro atoms. The fourth-order valence-corrected chi connectivity index (χ4v) is 3.23. The molecule has 1 unspecified atom stereocenters. The van der Waals surface area contributed by atoms with Crippen LogP contribution in [0.5, 0.6) is 0 Å². The molecule has 198 valence electrons. The van der Waals surface area contributed by atoms with E-state index in [1.165, 1.54) is 6.07 Å². The molecular formula is C28H35FN4O4. The van der Waals surface area contributed by atoms with Crippen LogP contribution >= 0.6 is 0 Å². The van der Waals surface area contributed by atoms with Crippen LogP contribution in [0.15, 0.2) is 36.5 Å². The van der Waals surface area contributed by atoms with Crippen LogP contribution in [0.1, 0.15) is 50.9 Å². The number of halogens is 1. The Labute approximate surface area is 218 Å². The Bertz CT molecular complexity index is 1110. The van der Waals surface area contributed by atoms with Gasteiger partial charge in [0.25, 0.3) is 0 Å². The Kier molecular flexibility index (Phi) is 11.8. The molecule has 1 aromatic carbocycles. The molecule has 0 aliphatic heterocycles. The van der Waals surface area contributed by atoms with Gasteiger partial charge in [0.15, 0.2) is 6.29 Å². The molecule has 0 saturated carbocycles. The molecule has 0 radical (unpaired) electrons. The first-order valence-electron chi connectivity index (χ1n) is 12.1. The summed E-state index contributed by atoms with van der Waals surface area (Å²) in [5.74, 6) is 5.42. The topological polar surface area (TPSA) is 96.7 Å². The van der Waals surface area contributed by atoms with Crippen LogP contribution in [0.3, 0.4) is 0 Å². The average molecular weight is 511 g/mol. The number of carbonyl (C=O) groups excluding carboxylic acids is 1. The molecule has 1 amide bonds. The first kappa shape index (κ1) is 29.6. The zero-order valence-corrected chi connectivity index (χ0v) is 22.1. The van der Waals surface area contributed by atoms with Gasteiger partial charge in [-0.3, -0.25) is 0 Å². The van der Waals surface area contributed by atoms with Gasteiger partial charge < -0.3 is 24.4 Å². The van der Waals surface area contributed by atoms with Crippen LogP contribution < -0.4 is 10.2 Å². The van der Waals surface area contributed by atoms with Gasteiger partial charge in [-0.15, -0.1) is 0 Å². The van der Waals surface area contributed by atoms with Gasteiger partial charge in [-0.25, -0.2) is 14.2 Å². The number of nitrogens with zero attached hydrogens (tertiary/aromatic N) is 3. The Morgan fingerprint density at radius 1 is 1.22 bits per heavy atom. The highest BCUT2D eigenvalue weighted by Crippen LogP contribution is 2.20. The lowest BCUT2D eigenvalue weighted by molar-refractivity contribution is -0.132. The molecule has 2 aromatic rings. The van der Waals surface area contributed by atoms with Crippen LogP contribution in [0.4, 0.5) is 14.9 Å². The maximum absolute atomic E-state index is 14.1. The summed E-state index contributed by atoms with van der Waals surface area (Å²) in [6.07, 6.45) is 1.10. The van der Waals surface area contributed by atoms with E-state index in [0.717, 1.165) is 11.3 Å². The fourth-order valence-electron chi connectivity index (χ4n) is 3.23. The number of rotatable bonds is 11. The summed E-state index contributed by atoms with van der Waals surface area (Å²) in [5.41, 5.74) is 1.94. The molecule has 0 aliphatic rings. The van der Waals surface area contributed by atoms with Gasteiger partial charge in [0, 0.05) is 26.1 Å². The minimum Gasteiger partial charge on any atom is -0.444 e. The van der Waals surface area contributed by atoms with Crippen molar-refractivity contribution >= 4 is 11.8 Å². The molecule has 1 N–H and O–H groups in total.